The summed E-state index contributed by atoms with van der Waals surface area (Å²) in [5.74, 6) is 1.88. The first kappa shape index (κ1) is 18.5. The predicted octanol–water partition coefficient (Wildman–Crippen LogP) is 7.38. The van der Waals surface area contributed by atoms with Crippen molar-refractivity contribution < 1.29 is 9.47 Å². The molecule has 0 saturated carbocycles. The molecule has 0 bridgehead atoms. The summed E-state index contributed by atoms with van der Waals surface area (Å²) in [5, 5.41) is 7.33. The molecule has 148 valence electrons. The highest BCUT2D eigenvalue weighted by Crippen LogP contribution is 2.30. The molecule has 0 aliphatic rings. The van der Waals surface area contributed by atoms with E-state index in [0.29, 0.717) is 13.2 Å². The van der Waals surface area contributed by atoms with E-state index in [1.165, 1.54) is 32.3 Å². The van der Waals surface area contributed by atoms with Gasteiger partial charge >= 0.3 is 0 Å². The third-order valence-corrected chi connectivity index (χ3v) is 5.49. The molecule has 2 heteroatoms. The van der Waals surface area contributed by atoms with Gasteiger partial charge in [0, 0.05) is 5.39 Å². The van der Waals surface area contributed by atoms with Gasteiger partial charge < -0.3 is 9.47 Å². The molecular formula is C28H24O2. The second kappa shape index (κ2) is 8.46. The summed E-state index contributed by atoms with van der Waals surface area (Å²) in [6, 6.07) is 33.8. The molecule has 0 saturated heterocycles. The van der Waals surface area contributed by atoms with E-state index in [-0.39, 0.29) is 0 Å². The summed E-state index contributed by atoms with van der Waals surface area (Å²) in [4.78, 5) is 0. The molecule has 2 nitrogen and oxygen atoms in total. The lowest BCUT2D eigenvalue weighted by atomic mass is 10.0. The lowest BCUT2D eigenvalue weighted by molar-refractivity contribution is 0.268. The standard InChI is InChI=1S/C28H24O2/c1-2-10-23-19-26(15-14-21(23)8-1)29-16-5-6-17-30-28-13-7-12-25-18-22-9-3-4-11-24(22)20-27(25)28/h1-4,7-15,18-20H,5-6,16-17H2. The number of hydrogen-bond acceptors (Lipinski definition) is 2. The summed E-state index contributed by atoms with van der Waals surface area (Å²) < 4.78 is 12.1. The summed E-state index contributed by atoms with van der Waals surface area (Å²) in [6.45, 7) is 1.38. The lowest BCUT2D eigenvalue weighted by Crippen LogP contribution is -2.02. The summed E-state index contributed by atoms with van der Waals surface area (Å²) in [6.07, 6.45) is 1.91. The zero-order valence-corrected chi connectivity index (χ0v) is 16.9. The Bertz CT molecular complexity index is 1310. The lowest BCUT2D eigenvalue weighted by Gasteiger charge is -2.11. The van der Waals surface area contributed by atoms with Gasteiger partial charge in [0.2, 0.25) is 0 Å². The maximum atomic E-state index is 6.12. The minimum atomic E-state index is 0.688. The van der Waals surface area contributed by atoms with Gasteiger partial charge in [0.25, 0.3) is 0 Å². The molecule has 0 N–H and O–H groups in total. The SMILES string of the molecule is c1ccc2cc(OCCCCOc3cccc4cc5ccccc5cc34)ccc2c1. The van der Waals surface area contributed by atoms with Crippen molar-refractivity contribution in [2.75, 3.05) is 13.2 Å². The van der Waals surface area contributed by atoms with Crippen molar-refractivity contribution in [1.82, 2.24) is 0 Å². The van der Waals surface area contributed by atoms with Crippen LogP contribution < -0.4 is 9.47 Å². The van der Waals surface area contributed by atoms with E-state index in [0.717, 1.165) is 24.3 Å². The van der Waals surface area contributed by atoms with Crippen LogP contribution in [0.25, 0.3) is 32.3 Å². The molecule has 0 radical (unpaired) electrons. The highest BCUT2D eigenvalue weighted by Gasteiger charge is 2.04. The maximum Gasteiger partial charge on any atom is 0.127 e. The van der Waals surface area contributed by atoms with Crippen LogP contribution in [0.2, 0.25) is 0 Å². The van der Waals surface area contributed by atoms with E-state index in [9.17, 15) is 0 Å². The van der Waals surface area contributed by atoms with E-state index < -0.39 is 0 Å². The molecule has 30 heavy (non-hydrogen) atoms. The van der Waals surface area contributed by atoms with Gasteiger partial charge in [-0.25, -0.2) is 0 Å². The third-order valence-electron chi connectivity index (χ3n) is 5.49. The molecule has 0 heterocycles. The zero-order valence-electron chi connectivity index (χ0n) is 16.9. The molecule has 5 aromatic carbocycles. The summed E-state index contributed by atoms with van der Waals surface area (Å²) in [7, 11) is 0. The van der Waals surface area contributed by atoms with Crippen LogP contribution in [0, 0.1) is 0 Å². The number of ether oxygens (including phenoxy) is 2. The minimum absolute atomic E-state index is 0.688. The highest BCUT2D eigenvalue weighted by molar-refractivity contribution is 6.00. The molecule has 0 fully saturated rings. The Kier molecular flexibility index (Phi) is 5.22. The smallest absolute Gasteiger partial charge is 0.127 e. The van der Waals surface area contributed by atoms with E-state index >= 15 is 0 Å². The molecule has 0 atom stereocenters. The van der Waals surface area contributed by atoms with E-state index in [4.69, 9.17) is 9.47 Å². The Balaban J connectivity index is 1.17. The molecule has 0 spiro atoms. The fourth-order valence-corrected chi connectivity index (χ4v) is 3.90. The van der Waals surface area contributed by atoms with Crippen LogP contribution in [0.3, 0.4) is 0 Å². The van der Waals surface area contributed by atoms with Crippen LogP contribution in [-0.4, -0.2) is 13.2 Å². The van der Waals surface area contributed by atoms with Crippen molar-refractivity contribution in [1.29, 1.82) is 0 Å². The van der Waals surface area contributed by atoms with E-state index in [1.807, 2.05) is 6.07 Å². The van der Waals surface area contributed by atoms with Crippen molar-refractivity contribution in [3.8, 4) is 11.5 Å². The van der Waals surface area contributed by atoms with Crippen LogP contribution in [-0.2, 0) is 0 Å². The van der Waals surface area contributed by atoms with Crippen LogP contribution in [0.5, 0.6) is 11.5 Å². The fourth-order valence-electron chi connectivity index (χ4n) is 3.90. The normalized spacial score (nSPS) is 11.2. The van der Waals surface area contributed by atoms with Crippen LogP contribution in [0.1, 0.15) is 12.8 Å². The first-order valence-corrected chi connectivity index (χ1v) is 10.5. The molecule has 0 amide bonds. The summed E-state index contributed by atoms with van der Waals surface area (Å²) in [5.41, 5.74) is 0. The Morgan fingerprint density at radius 1 is 0.467 bits per heavy atom. The van der Waals surface area contributed by atoms with Gasteiger partial charge in [0.05, 0.1) is 13.2 Å². The summed E-state index contributed by atoms with van der Waals surface area (Å²) >= 11 is 0. The van der Waals surface area contributed by atoms with Crippen molar-refractivity contribution in [2.24, 2.45) is 0 Å². The van der Waals surface area contributed by atoms with Gasteiger partial charge in [0.1, 0.15) is 11.5 Å². The van der Waals surface area contributed by atoms with Gasteiger partial charge in [-0.3, -0.25) is 0 Å². The molecule has 5 aromatic rings. The Morgan fingerprint density at radius 2 is 1.10 bits per heavy atom. The Morgan fingerprint density at radius 3 is 1.90 bits per heavy atom. The van der Waals surface area contributed by atoms with Crippen molar-refractivity contribution in [2.45, 2.75) is 12.8 Å². The second-order valence-electron chi connectivity index (χ2n) is 7.59. The monoisotopic (exact) mass is 392 g/mol. The molecule has 0 aromatic heterocycles. The largest absolute Gasteiger partial charge is 0.494 e. The van der Waals surface area contributed by atoms with Crippen LogP contribution in [0.15, 0.2) is 97.1 Å². The third kappa shape index (κ3) is 3.95. The zero-order chi connectivity index (χ0) is 20.2. The van der Waals surface area contributed by atoms with Crippen molar-refractivity contribution in [3.63, 3.8) is 0 Å². The number of benzene rings is 5. The number of rotatable bonds is 7. The van der Waals surface area contributed by atoms with Crippen LogP contribution >= 0.6 is 0 Å². The van der Waals surface area contributed by atoms with Crippen molar-refractivity contribution >= 4 is 32.3 Å². The highest BCUT2D eigenvalue weighted by atomic mass is 16.5. The first-order chi connectivity index (χ1) is 14.9. The molecule has 5 rings (SSSR count). The molecule has 0 aliphatic heterocycles. The number of hydrogen-bond donors (Lipinski definition) is 0. The number of fused-ring (bicyclic) bond motifs is 3. The average molecular weight is 392 g/mol. The Labute approximate surface area is 176 Å². The Hall–Kier alpha value is -3.52. The topological polar surface area (TPSA) is 18.5 Å². The molecule has 0 unspecified atom stereocenters. The maximum absolute atomic E-state index is 6.12. The van der Waals surface area contributed by atoms with Gasteiger partial charge in [-0.15, -0.1) is 0 Å². The van der Waals surface area contributed by atoms with Gasteiger partial charge in [0.15, 0.2) is 0 Å². The van der Waals surface area contributed by atoms with Crippen molar-refractivity contribution in [3.05, 3.63) is 97.1 Å². The first-order valence-electron chi connectivity index (χ1n) is 10.5. The number of unbranched alkanes of at least 4 members (excludes halogenated alkanes) is 1. The van der Waals surface area contributed by atoms with E-state index in [1.54, 1.807) is 0 Å². The van der Waals surface area contributed by atoms with E-state index in [2.05, 4.69) is 91.0 Å². The van der Waals surface area contributed by atoms with Gasteiger partial charge in [-0.2, -0.15) is 0 Å². The van der Waals surface area contributed by atoms with Crippen LogP contribution in [0.4, 0.5) is 0 Å². The minimum Gasteiger partial charge on any atom is -0.494 e. The average Bonchev–Trinajstić information content (AvgIpc) is 2.80. The van der Waals surface area contributed by atoms with Gasteiger partial charge in [-0.05, 0) is 70.1 Å². The molecule has 0 aliphatic carbocycles. The molecular weight excluding hydrogens is 368 g/mol. The second-order valence-corrected chi connectivity index (χ2v) is 7.59. The predicted molar refractivity (Wildman–Crippen MR) is 126 cm³/mol. The quantitative estimate of drug-likeness (QED) is 0.212. The van der Waals surface area contributed by atoms with Gasteiger partial charge in [-0.1, -0.05) is 66.7 Å². The fraction of sp³-hybridized carbons (Fsp3) is 0.143.